The van der Waals surface area contributed by atoms with Crippen LogP contribution in [0.5, 0.6) is 17.2 Å². The first-order valence-electron chi connectivity index (χ1n) is 12.8. The van der Waals surface area contributed by atoms with E-state index < -0.39 is 0 Å². The van der Waals surface area contributed by atoms with Gasteiger partial charge in [-0.2, -0.15) is 0 Å². The van der Waals surface area contributed by atoms with Crippen LogP contribution in [-0.2, 0) is 12.8 Å². The Morgan fingerprint density at radius 2 is 1.66 bits per heavy atom. The van der Waals surface area contributed by atoms with Gasteiger partial charge in [0.1, 0.15) is 5.75 Å². The number of unbranched alkanes of at least 4 members (excludes halogenated alkanes) is 3. The fourth-order valence-electron chi connectivity index (χ4n) is 5.04. The molecule has 0 aromatic heterocycles. The number of hydrogen-bond acceptors (Lipinski definition) is 5. The molecule has 2 aromatic carbocycles. The molecule has 0 aliphatic carbocycles. The van der Waals surface area contributed by atoms with Gasteiger partial charge in [0.05, 0.1) is 0 Å². The van der Waals surface area contributed by atoms with Gasteiger partial charge in [-0.1, -0.05) is 38.0 Å². The Morgan fingerprint density at radius 3 is 2.40 bits per heavy atom. The maximum atomic E-state index is 9.73. The molecule has 1 aliphatic heterocycles. The van der Waals surface area contributed by atoms with Crippen LogP contribution in [-0.4, -0.2) is 63.9 Å². The predicted octanol–water partition coefficient (Wildman–Crippen LogP) is 6.48. The number of phenols is 3. The van der Waals surface area contributed by atoms with Crippen LogP contribution in [0.1, 0.15) is 63.0 Å². The summed E-state index contributed by atoms with van der Waals surface area (Å²) in [4.78, 5) is 5.18. The van der Waals surface area contributed by atoms with E-state index in [-0.39, 0.29) is 45.5 Å². The molecule has 1 unspecified atom stereocenters. The number of phenolic OH excluding ortho intramolecular Hbond substituents is 3. The van der Waals surface area contributed by atoms with Gasteiger partial charge in [0, 0.05) is 12.6 Å². The van der Waals surface area contributed by atoms with Crippen molar-refractivity contribution in [3.63, 3.8) is 0 Å². The van der Waals surface area contributed by atoms with Crippen molar-refractivity contribution in [2.24, 2.45) is 0 Å². The molecule has 1 heterocycles. The molecular formula is C28H44Br2N2O3. The highest BCUT2D eigenvalue weighted by molar-refractivity contribution is 8.93. The lowest BCUT2D eigenvalue weighted by atomic mass is 10.0. The second kappa shape index (κ2) is 17.2. The molecule has 0 spiro atoms. The quantitative estimate of drug-likeness (QED) is 0.168. The lowest BCUT2D eigenvalue weighted by Gasteiger charge is -2.25. The Labute approximate surface area is 232 Å². The first-order chi connectivity index (χ1) is 16.0. The van der Waals surface area contributed by atoms with Crippen molar-refractivity contribution in [3.8, 4) is 17.2 Å². The summed E-state index contributed by atoms with van der Waals surface area (Å²) in [5.74, 6) is 0.288. The predicted molar refractivity (Wildman–Crippen MR) is 156 cm³/mol. The minimum atomic E-state index is -0.0521. The van der Waals surface area contributed by atoms with Gasteiger partial charge in [0.2, 0.25) is 0 Å². The van der Waals surface area contributed by atoms with Crippen molar-refractivity contribution in [2.75, 3.05) is 32.7 Å². The van der Waals surface area contributed by atoms with Gasteiger partial charge < -0.3 is 25.1 Å². The van der Waals surface area contributed by atoms with Crippen molar-refractivity contribution in [1.82, 2.24) is 9.80 Å². The standard InChI is InChI=1S/C28H42N2O3.2BrH/c1-2-15-29(19-14-23-12-13-27(32)28(33)22-23)16-5-3-4-6-17-30-18-8-10-25(30)20-24-9-7-11-26(31)21-24;;/h7,9,11-13,21-22,25,31-33H,2-6,8,10,14-20H2,1H3;2*1H. The van der Waals surface area contributed by atoms with E-state index in [0.29, 0.717) is 11.8 Å². The zero-order valence-electron chi connectivity index (χ0n) is 21.1. The maximum Gasteiger partial charge on any atom is 0.157 e. The second-order valence-electron chi connectivity index (χ2n) is 9.53. The van der Waals surface area contributed by atoms with E-state index in [1.165, 1.54) is 57.2 Å². The number of likely N-dealkylation sites (tertiary alicyclic amines) is 1. The molecular weight excluding hydrogens is 572 g/mol. The van der Waals surface area contributed by atoms with Gasteiger partial charge in [-0.3, -0.25) is 0 Å². The van der Waals surface area contributed by atoms with Crippen LogP contribution < -0.4 is 0 Å². The smallest absolute Gasteiger partial charge is 0.157 e. The lowest BCUT2D eigenvalue weighted by molar-refractivity contribution is 0.242. The Balaban J connectivity index is 0.00000306. The summed E-state index contributed by atoms with van der Waals surface area (Å²) in [7, 11) is 0. The van der Waals surface area contributed by atoms with E-state index in [0.717, 1.165) is 44.5 Å². The summed E-state index contributed by atoms with van der Waals surface area (Å²) in [6.45, 7) is 7.84. The Bertz CT molecular complexity index is 853. The fraction of sp³-hybridized carbons (Fsp3) is 0.571. The molecule has 7 heteroatoms. The van der Waals surface area contributed by atoms with Crippen molar-refractivity contribution < 1.29 is 15.3 Å². The van der Waals surface area contributed by atoms with Crippen molar-refractivity contribution in [3.05, 3.63) is 53.6 Å². The molecule has 0 bridgehead atoms. The van der Waals surface area contributed by atoms with Crippen LogP contribution in [0.2, 0.25) is 0 Å². The normalized spacial score (nSPS) is 15.7. The molecule has 1 fully saturated rings. The van der Waals surface area contributed by atoms with E-state index in [2.05, 4.69) is 22.8 Å². The van der Waals surface area contributed by atoms with Crippen LogP contribution in [0.3, 0.4) is 0 Å². The topological polar surface area (TPSA) is 67.2 Å². The highest BCUT2D eigenvalue weighted by Gasteiger charge is 2.24. The molecule has 1 saturated heterocycles. The Hall–Kier alpha value is -1.28. The monoisotopic (exact) mass is 614 g/mol. The van der Waals surface area contributed by atoms with Gasteiger partial charge in [-0.25, -0.2) is 0 Å². The van der Waals surface area contributed by atoms with Gasteiger partial charge in [0.25, 0.3) is 0 Å². The van der Waals surface area contributed by atoms with E-state index in [4.69, 9.17) is 0 Å². The van der Waals surface area contributed by atoms with Crippen LogP contribution >= 0.6 is 34.0 Å². The molecule has 35 heavy (non-hydrogen) atoms. The number of rotatable bonds is 14. The minimum Gasteiger partial charge on any atom is -0.508 e. The summed E-state index contributed by atoms with van der Waals surface area (Å²) in [6, 6.07) is 13.5. The number of hydrogen-bond donors (Lipinski definition) is 3. The summed E-state index contributed by atoms with van der Waals surface area (Å²) in [5.41, 5.74) is 2.31. The average Bonchev–Trinajstić information content (AvgIpc) is 3.23. The SMILES string of the molecule is Br.Br.CCCN(CCCCCCN1CCCC1Cc1cccc(O)c1)CCc1ccc(O)c(O)c1. The molecule has 0 radical (unpaired) electrons. The zero-order valence-corrected chi connectivity index (χ0v) is 24.5. The molecule has 1 atom stereocenters. The molecule has 2 aromatic rings. The van der Waals surface area contributed by atoms with Crippen molar-refractivity contribution in [2.45, 2.75) is 70.8 Å². The van der Waals surface area contributed by atoms with Gasteiger partial charge >= 0.3 is 0 Å². The van der Waals surface area contributed by atoms with E-state index in [9.17, 15) is 15.3 Å². The maximum absolute atomic E-state index is 9.73. The summed E-state index contributed by atoms with van der Waals surface area (Å²) in [6.07, 6.45) is 10.7. The average molecular weight is 616 g/mol. The van der Waals surface area contributed by atoms with Crippen molar-refractivity contribution in [1.29, 1.82) is 0 Å². The number of aromatic hydroxyl groups is 3. The number of halogens is 2. The zero-order chi connectivity index (χ0) is 23.5. The highest BCUT2D eigenvalue weighted by Crippen LogP contribution is 2.25. The summed E-state index contributed by atoms with van der Waals surface area (Å²) >= 11 is 0. The first-order valence-corrected chi connectivity index (χ1v) is 12.8. The molecule has 5 nitrogen and oxygen atoms in total. The van der Waals surface area contributed by atoms with Gasteiger partial charge in [0.15, 0.2) is 11.5 Å². The molecule has 1 aliphatic rings. The fourth-order valence-corrected chi connectivity index (χ4v) is 5.04. The van der Waals surface area contributed by atoms with E-state index in [1.807, 2.05) is 18.2 Å². The van der Waals surface area contributed by atoms with Crippen LogP contribution in [0.4, 0.5) is 0 Å². The van der Waals surface area contributed by atoms with Crippen LogP contribution in [0.25, 0.3) is 0 Å². The first kappa shape index (κ1) is 31.7. The van der Waals surface area contributed by atoms with Gasteiger partial charge in [-0.05, 0) is 107 Å². The summed E-state index contributed by atoms with van der Waals surface area (Å²) in [5, 5.41) is 28.9. The van der Waals surface area contributed by atoms with E-state index >= 15 is 0 Å². The molecule has 3 rings (SSSR count). The molecule has 0 saturated carbocycles. The molecule has 0 amide bonds. The third-order valence-corrected chi connectivity index (χ3v) is 6.85. The number of nitrogens with zero attached hydrogens (tertiary/aromatic N) is 2. The third kappa shape index (κ3) is 11.1. The van der Waals surface area contributed by atoms with E-state index in [1.54, 1.807) is 18.2 Å². The largest absolute Gasteiger partial charge is 0.508 e. The Kier molecular flexibility index (Phi) is 15.6. The Morgan fingerprint density at radius 1 is 0.857 bits per heavy atom. The molecule has 198 valence electrons. The van der Waals surface area contributed by atoms with Crippen LogP contribution in [0.15, 0.2) is 42.5 Å². The minimum absolute atomic E-state index is 0. The number of benzene rings is 2. The lowest BCUT2D eigenvalue weighted by Crippen LogP contribution is -2.32. The second-order valence-corrected chi connectivity index (χ2v) is 9.53. The van der Waals surface area contributed by atoms with Crippen LogP contribution in [0, 0.1) is 0 Å². The summed E-state index contributed by atoms with van der Waals surface area (Å²) < 4.78 is 0. The molecule has 3 N–H and O–H groups in total. The highest BCUT2D eigenvalue weighted by atomic mass is 79.9. The third-order valence-electron chi connectivity index (χ3n) is 6.85. The van der Waals surface area contributed by atoms with Gasteiger partial charge in [-0.15, -0.1) is 34.0 Å². The van der Waals surface area contributed by atoms with Crippen molar-refractivity contribution >= 4 is 34.0 Å².